The monoisotopic (exact) mass is 462 g/mol. The molecule has 0 aromatic heterocycles. The van der Waals surface area contributed by atoms with E-state index in [0.29, 0.717) is 42.8 Å². The van der Waals surface area contributed by atoms with E-state index in [1.807, 2.05) is 17.0 Å². The second-order valence-corrected chi connectivity index (χ2v) is 8.78. The van der Waals surface area contributed by atoms with Crippen molar-refractivity contribution in [2.45, 2.75) is 25.4 Å². The summed E-state index contributed by atoms with van der Waals surface area (Å²) < 4.78 is 0. The molecule has 2 heterocycles. The van der Waals surface area contributed by atoms with Crippen molar-refractivity contribution in [1.29, 1.82) is 0 Å². The van der Waals surface area contributed by atoms with E-state index in [0.717, 1.165) is 30.6 Å². The molecule has 1 atom stereocenters. The van der Waals surface area contributed by atoms with Crippen molar-refractivity contribution in [3.8, 4) is 0 Å². The number of carbonyl (C=O) groups excluding carboxylic acids is 1. The molecule has 0 aliphatic carbocycles. The van der Waals surface area contributed by atoms with Gasteiger partial charge in [0, 0.05) is 50.5 Å². The third-order valence-corrected chi connectivity index (χ3v) is 6.77. The fraction of sp³-hybridized carbons (Fsp3) is 0.409. The van der Waals surface area contributed by atoms with Crippen molar-refractivity contribution in [3.05, 3.63) is 68.2 Å². The first-order chi connectivity index (χ1) is 14.9. The Morgan fingerprint density at radius 2 is 1.71 bits per heavy atom. The topological polar surface area (TPSA) is 69.9 Å². The van der Waals surface area contributed by atoms with Gasteiger partial charge in [0.05, 0.1) is 21.0 Å². The summed E-state index contributed by atoms with van der Waals surface area (Å²) in [5, 5.41) is 11.9. The molecule has 2 aliphatic rings. The lowest BCUT2D eigenvalue weighted by atomic mass is 10.1. The minimum atomic E-state index is -0.397. The first-order valence-corrected chi connectivity index (χ1v) is 11.1. The minimum absolute atomic E-state index is 0.0841. The minimum Gasteiger partial charge on any atom is -0.368 e. The van der Waals surface area contributed by atoms with Crippen LogP contribution in [0.5, 0.6) is 0 Å². The molecule has 2 aromatic rings. The van der Waals surface area contributed by atoms with Crippen molar-refractivity contribution in [2.24, 2.45) is 0 Å². The van der Waals surface area contributed by atoms with Crippen LogP contribution >= 0.6 is 23.2 Å². The van der Waals surface area contributed by atoms with Crippen molar-refractivity contribution in [3.63, 3.8) is 0 Å². The SMILES string of the molecule is O=C(C1CCCN1Cc1ccc(Cl)c(Cl)c1)N1CCN(c2ccc([N+](=O)[O-])cc2)CC1. The van der Waals surface area contributed by atoms with Gasteiger partial charge in [0.2, 0.25) is 5.91 Å². The number of nitro benzene ring substituents is 1. The number of halogens is 2. The maximum Gasteiger partial charge on any atom is 0.269 e. The molecule has 2 aliphatic heterocycles. The second kappa shape index (κ2) is 9.42. The quantitative estimate of drug-likeness (QED) is 0.491. The molecule has 7 nitrogen and oxygen atoms in total. The number of benzene rings is 2. The predicted octanol–water partition coefficient (Wildman–Crippen LogP) is 4.21. The molecule has 31 heavy (non-hydrogen) atoms. The number of anilines is 1. The Balaban J connectivity index is 1.35. The summed E-state index contributed by atoms with van der Waals surface area (Å²) in [6.45, 7) is 4.28. The van der Waals surface area contributed by atoms with Crippen LogP contribution in [0, 0.1) is 10.1 Å². The number of rotatable bonds is 5. The van der Waals surface area contributed by atoms with Gasteiger partial charge in [0.25, 0.3) is 5.69 Å². The fourth-order valence-corrected chi connectivity index (χ4v) is 4.67. The van der Waals surface area contributed by atoms with Gasteiger partial charge in [0.15, 0.2) is 0 Å². The molecule has 0 bridgehead atoms. The number of nitrogens with zero attached hydrogens (tertiary/aromatic N) is 4. The summed E-state index contributed by atoms with van der Waals surface area (Å²) in [5.41, 5.74) is 2.08. The molecule has 1 unspecified atom stereocenters. The third-order valence-electron chi connectivity index (χ3n) is 6.04. The summed E-state index contributed by atoms with van der Waals surface area (Å²) in [5.74, 6) is 0.181. The average Bonchev–Trinajstić information content (AvgIpc) is 3.24. The van der Waals surface area contributed by atoms with Crippen LogP contribution in [0.15, 0.2) is 42.5 Å². The van der Waals surface area contributed by atoms with Crippen LogP contribution in [0.2, 0.25) is 10.0 Å². The molecular formula is C22H24Cl2N4O3. The molecule has 0 N–H and O–H groups in total. The van der Waals surface area contributed by atoms with Gasteiger partial charge in [-0.1, -0.05) is 29.3 Å². The Morgan fingerprint density at radius 1 is 1.00 bits per heavy atom. The summed E-state index contributed by atoms with van der Waals surface area (Å²) >= 11 is 12.2. The maximum atomic E-state index is 13.2. The highest BCUT2D eigenvalue weighted by atomic mass is 35.5. The van der Waals surface area contributed by atoms with E-state index in [2.05, 4.69) is 9.80 Å². The number of likely N-dealkylation sites (tertiary alicyclic amines) is 1. The molecule has 0 spiro atoms. The summed E-state index contributed by atoms with van der Waals surface area (Å²) in [7, 11) is 0. The molecule has 4 rings (SSSR count). The van der Waals surface area contributed by atoms with Gasteiger partial charge in [0.1, 0.15) is 0 Å². The van der Waals surface area contributed by atoms with Gasteiger partial charge >= 0.3 is 0 Å². The zero-order valence-electron chi connectivity index (χ0n) is 17.0. The van der Waals surface area contributed by atoms with Crippen molar-refractivity contribution in [1.82, 2.24) is 9.80 Å². The van der Waals surface area contributed by atoms with Gasteiger partial charge in [-0.3, -0.25) is 19.8 Å². The van der Waals surface area contributed by atoms with Crippen molar-refractivity contribution >= 4 is 40.5 Å². The van der Waals surface area contributed by atoms with Crippen LogP contribution in [0.25, 0.3) is 0 Å². The number of amides is 1. The number of carbonyl (C=O) groups is 1. The number of piperazine rings is 1. The molecular weight excluding hydrogens is 439 g/mol. The normalized spacial score (nSPS) is 19.6. The Bertz CT molecular complexity index is 962. The van der Waals surface area contributed by atoms with Crippen LogP contribution in [0.1, 0.15) is 18.4 Å². The highest BCUT2D eigenvalue weighted by Gasteiger charge is 2.34. The van der Waals surface area contributed by atoms with E-state index in [1.165, 1.54) is 12.1 Å². The molecule has 0 radical (unpaired) electrons. The summed E-state index contributed by atoms with van der Waals surface area (Å²) in [6.07, 6.45) is 1.86. The van der Waals surface area contributed by atoms with E-state index in [4.69, 9.17) is 23.2 Å². The zero-order chi connectivity index (χ0) is 22.0. The van der Waals surface area contributed by atoms with Gasteiger partial charge in [-0.15, -0.1) is 0 Å². The molecule has 0 saturated carbocycles. The lowest BCUT2D eigenvalue weighted by molar-refractivity contribution is -0.384. The second-order valence-electron chi connectivity index (χ2n) is 7.96. The maximum absolute atomic E-state index is 13.2. The smallest absolute Gasteiger partial charge is 0.269 e. The Morgan fingerprint density at radius 3 is 2.35 bits per heavy atom. The first-order valence-electron chi connectivity index (χ1n) is 10.4. The third kappa shape index (κ3) is 4.95. The number of nitro groups is 1. The lowest BCUT2D eigenvalue weighted by Crippen LogP contribution is -2.53. The van der Waals surface area contributed by atoms with Crippen LogP contribution in [-0.4, -0.2) is 59.4 Å². The van der Waals surface area contributed by atoms with Crippen LogP contribution < -0.4 is 4.90 Å². The summed E-state index contributed by atoms with van der Waals surface area (Å²) in [4.78, 5) is 30.0. The standard InChI is InChI=1S/C22H24Cl2N4O3/c23-19-8-3-16(14-20(19)24)15-27-9-1-2-21(27)22(29)26-12-10-25(11-13-26)17-4-6-18(7-5-17)28(30)31/h3-8,14,21H,1-2,9-13,15H2. The molecule has 9 heteroatoms. The highest BCUT2D eigenvalue weighted by Crippen LogP contribution is 2.27. The largest absolute Gasteiger partial charge is 0.368 e. The summed E-state index contributed by atoms with van der Waals surface area (Å²) in [6, 6.07) is 12.1. The van der Waals surface area contributed by atoms with E-state index in [-0.39, 0.29) is 17.6 Å². The predicted molar refractivity (Wildman–Crippen MR) is 122 cm³/mol. The molecule has 2 saturated heterocycles. The van der Waals surface area contributed by atoms with E-state index < -0.39 is 4.92 Å². The Kier molecular flexibility index (Phi) is 6.65. The van der Waals surface area contributed by atoms with Crippen molar-refractivity contribution in [2.75, 3.05) is 37.6 Å². The molecule has 1 amide bonds. The average molecular weight is 463 g/mol. The Hall–Kier alpha value is -2.35. The highest BCUT2D eigenvalue weighted by molar-refractivity contribution is 6.42. The molecule has 2 aromatic carbocycles. The number of hydrogen-bond acceptors (Lipinski definition) is 5. The van der Waals surface area contributed by atoms with E-state index in [1.54, 1.807) is 18.2 Å². The van der Waals surface area contributed by atoms with E-state index in [9.17, 15) is 14.9 Å². The van der Waals surface area contributed by atoms with Crippen molar-refractivity contribution < 1.29 is 9.72 Å². The Labute approximate surface area is 191 Å². The van der Waals surface area contributed by atoms with Gasteiger partial charge in [-0.2, -0.15) is 0 Å². The number of hydrogen-bond donors (Lipinski definition) is 0. The zero-order valence-corrected chi connectivity index (χ0v) is 18.6. The van der Waals surface area contributed by atoms with Crippen LogP contribution in [0.3, 0.4) is 0 Å². The van der Waals surface area contributed by atoms with Crippen LogP contribution in [-0.2, 0) is 11.3 Å². The lowest BCUT2D eigenvalue weighted by Gasteiger charge is -2.38. The molecule has 2 fully saturated rings. The van der Waals surface area contributed by atoms with E-state index >= 15 is 0 Å². The number of non-ortho nitro benzene ring substituents is 1. The molecule has 164 valence electrons. The van der Waals surface area contributed by atoms with Gasteiger partial charge in [-0.25, -0.2) is 0 Å². The fourth-order valence-electron chi connectivity index (χ4n) is 4.35. The van der Waals surface area contributed by atoms with Crippen LogP contribution in [0.4, 0.5) is 11.4 Å². The van der Waals surface area contributed by atoms with Gasteiger partial charge < -0.3 is 9.80 Å². The first kappa shape index (κ1) is 21.9. The van der Waals surface area contributed by atoms with Gasteiger partial charge in [-0.05, 0) is 49.2 Å².